The molecule has 9 heteroatoms. The number of nitrogens with one attached hydrogen (secondary N) is 4. The van der Waals surface area contributed by atoms with Gasteiger partial charge < -0.3 is 26.0 Å². The number of urea groups is 2. The quantitative estimate of drug-likeness (QED) is 0.570. The number of alkyl halides is 2. The standard InChI is InChI=1S/C13H18Cl2N4O3/c1-22-11-3-2-9(18-12(20)16-6-4-14)8-10(11)19-13(21)17-7-5-15/h2-3,8H,4-7H2,1H3,(H2,16,18,20)(H2,17,19,21). The number of halogens is 2. The molecule has 0 spiro atoms. The number of methoxy groups -OCH3 is 1. The summed E-state index contributed by atoms with van der Waals surface area (Å²) in [6.45, 7) is 0.698. The lowest BCUT2D eigenvalue weighted by atomic mass is 10.2. The molecule has 0 unspecified atom stereocenters. The third-order valence-corrected chi connectivity index (χ3v) is 2.84. The van der Waals surface area contributed by atoms with E-state index in [2.05, 4.69) is 21.3 Å². The van der Waals surface area contributed by atoms with Crippen LogP contribution in [0.3, 0.4) is 0 Å². The van der Waals surface area contributed by atoms with Crippen molar-refractivity contribution in [1.29, 1.82) is 0 Å². The van der Waals surface area contributed by atoms with Gasteiger partial charge >= 0.3 is 12.1 Å². The van der Waals surface area contributed by atoms with Crippen molar-refractivity contribution in [2.24, 2.45) is 0 Å². The highest BCUT2D eigenvalue weighted by Crippen LogP contribution is 2.27. The Bertz CT molecular complexity index is 514. The van der Waals surface area contributed by atoms with Crippen molar-refractivity contribution in [2.75, 3.05) is 42.6 Å². The highest BCUT2D eigenvalue weighted by Gasteiger charge is 2.09. The van der Waals surface area contributed by atoms with Gasteiger partial charge in [-0.3, -0.25) is 0 Å². The predicted octanol–water partition coefficient (Wildman–Crippen LogP) is 2.42. The Kier molecular flexibility index (Phi) is 8.24. The van der Waals surface area contributed by atoms with Crippen LogP contribution in [0.4, 0.5) is 21.0 Å². The summed E-state index contributed by atoms with van der Waals surface area (Å²) in [5, 5.41) is 10.4. The normalized spacial score (nSPS) is 9.77. The first-order valence-electron chi connectivity index (χ1n) is 6.50. The second kappa shape index (κ2) is 9.97. The molecule has 0 aliphatic carbocycles. The molecule has 22 heavy (non-hydrogen) atoms. The summed E-state index contributed by atoms with van der Waals surface area (Å²) < 4.78 is 5.16. The summed E-state index contributed by atoms with van der Waals surface area (Å²) in [6, 6.07) is 4.07. The number of carbonyl (C=O) groups is 2. The van der Waals surface area contributed by atoms with Crippen LogP contribution >= 0.6 is 23.2 Å². The molecule has 122 valence electrons. The van der Waals surface area contributed by atoms with Crippen molar-refractivity contribution in [1.82, 2.24) is 10.6 Å². The summed E-state index contributed by atoms with van der Waals surface area (Å²) in [4.78, 5) is 23.2. The largest absolute Gasteiger partial charge is 0.495 e. The van der Waals surface area contributed by atoms with Crippen LogP contribution in [0.5, 0.6) is 5.75 Å². The van der Waals surface area contributed by atoms with Gasteiger partial charge in [0.05, 0.1) is 12.8 Å². The van der Waals surface area contributed by atoms with Gasteiger partial charge in [0.15, 0.2) is 0 Å². The number of carbonyl (C=O) groups excluding carboxylic acids is 2. The number of ether oxygens (including phenoxy) is 1. The molecular weight excluding hydrogens is 331 g/mol. The minimum atomic E-state index is -0.414. The van der Waals surface area contributed by atoms with Crippen LogP contribution < -0.4 is 26.0 Å². The van der Waals surface area contributed by atoms with Crippen molar-refractivity contribution < 1.29 is 14.3 Å². The van der Waals surface area contributed by atoms with E-state index in [-0.39, 0.29) is 6.03 Å². The summed E-state index contributed by atoms with van der Waals surface area (Å²) in [5.41, 5.74) is 0.922. The molecule has 0 saturated carbocycles. The van der Waals surface area contributed by atoms with E-state index in [0.717, 1.165) is 0 Å². The fourth-order valence-electron chi connectivity index (χ4n) is 1.55. The zero-order valence-corrected chi connectivity index (χ0v) is 13.6. The van der Waals surface area contributed by atoms with E-state index in [1.165, 1.54) is 7.11 Å². The van der Waals surface area contributed by atoms with E-state index in [9.17, 15) is 9.59 Å². The average molecular weight is 349 g/mol. The maximum atomic E-state index is 11.7. The van der Waals surface area contributed by atoms with Crippen LogP contribution in [0.25, 0.3) is 0 Å². The summed E-state index contributed by atoms with van der Waals surface area (Å²) in [7, 11) is 1.48. The Morgan fingerprint density at radius 1 is 1.05 bits per heavy atom. The molecule has 1 aromatic carbocycles. The van der Waals surface area contributed by atoms with Crippen LogP contribution in [0.2, 0.25) is 0 Å². The first-order chi connectivity index (χ1) is 10.6. The maximum absolute atomic E-state index is 11.7. The third kappa shape index (κ3) is 6.28. The van der Waals surface area contributed by atoms with E-state index in [4.69, 9.17) is 27.9 Å². The van der Waals surface area contributed by atoms with Crippen LogP contribution in [0.1, 0.15) is 0 Å². The molecule has 0 radical (unpaired) electrons. The summed E-state index contributed by atoms with van der Waals surface area (Å²) in [5.74, 6) is 1.10. The van der Waals surface area contributed by atoms with Gasteiger partial charge in [-0.25, -0.2) is 9.59 Å². The lowest BCUT2D eigenvalue weighted by Gasteiger charge is -2.13. The lowest BCUT2D eigenvalue weighted by Crippen LogP contribution is -2.31. The highest BCUT2D eigenvalue weighted by atomic mass is 35.5. The van der Waals surface area contributed by atoms with Crippen molar-refractivity contribution in [3.8, 4) is 5.75 Å². The highest BCUT2D eigenvalue weighted by molar-refractivity contribution is 6.18. The van der Waals surface area contributed by atoms with Gasteiger partial charge in [0.1, 0.15) is 5.75 Å². The molecule has 0 aliphatic rings. The molecular formula is C13H18Cl2N4O3. The minimum absolute atomic E-state index is 0.312. The van der Waals surface area contributed by atoms with Crippen molar-refractivity contribution in [3.05, 3.63) is 18.2 Å². The zero-order valence-electron chi connectivity index (χ0n) is 12.0. The Morgan fingerprint density at radius 2 is 1.64 bits per heavy atom. The Labute approximate surface area is 138 Å². The maximum Gasteiger partial charge on any atom is 0.319 e. The molecule has 1 rings (SSSR count). The predicted molar refractivity (Wildman–Crippen MR) is 88.5 cm³/mol. The van der Waals surface area contributed by atoms with E-state index in [0.29, 0.717) is 42.0 Å². The molecule has 0 saturated heterocycles. The molecule has 4 N–H and O–H groups in total. The average Bonchev–Trinajstić information content (AvgIpc) is 2.51. The van der Waals surface area contributed by atoms with E-state index in [1.54, 1.807) is 18.2 Å². The fourth-order valence-corrected chi connectivity index (χ4v) is 1.74. The molecule has 1 aromatic rings. The summed E-state index contributed by atoms with van der Waals surface area (Å²) >= 11 is 11.0. The van der Waals surface area contributed by atoms with Crippen molar-refractivity contribution in [3.63, 3.8) is 0 Å². The summed E-state index contributed by atoms with van der Waals surface area (Å²) in [6.07, 6.45) is 0. The van der Waals surface area contributed by atoms with E-state index >= 15 is 0 Å². The van der Waals surface area contributed by atoms with Gasteiger partial charge in [0, 0.05) is 30.5 Å². The molecule has 0 heterocycles. The van der Waals surface area contributed by atoms with Gasteiger partial charge in [0.2, 0.25) is 0 Å². The number of hydrogen-bond donors (Lipinski definition) is 4. The molecule has 7 nitrogen and oxygen atoms in total. The van der Waals surface area contributed by atoms with Gasteiger partial charge in [-0.2, -0.15) is 0 Å². The Hall–Kier alpha value is -1.86. The van der Waals surface area contributed by atoms with Crippen LogP contribution in [0, 0.1) is 0 Å². The van der Waals surface area contributed by atoms with Gasteiger partial charge in [-0.1, -0.05) is 0 Å². The molecule has 0 aromatic heterocycles. The lowest BCUT2D eigenvalue weighted by molar-refractivity contribution is 0.252. The first-order valence-corrected chi connectivity index (χ1v) is 7.57. The molecule has 0 aliphatic heterocycles. The number of anilines is 2. The number of amides is 4. The first kappa shape index (κ1) is 18.2. The second-order valence-corrected chi connectivity index (χ2v) is 4.81. The van der Waals surface area contributed by atoms with Crippen LogP contribution in [-0.2, 0) is 0 Å². The number of hydrogen-bond acceptors (Lipinski definition) is 3. The SMILES string of the molecule is COc1ccc(NC(=O)NCCCl)cc1NC(=O)NCCCl. The Balaban J connectivity index is 2.75. The van der Waals surface area contributed by atoms with Crippen LogP contribution in [-0.4, -0.2) is 44.0 Å². The van der Waals surface area contributed by atoms with E-state index in [1.807, 2.05) is 0 Å². The molecule has 4 amide bonds. The van der Waals surface area contributed by atoms with Crippen molar-refractivity contribution >= 4 is 46.6 Å². The molecule has 0 bridgehead atoms. The minimum Gasteiger partial charge on any atom is -0.495 e. The van der Waals surface area contributed by atoms with Gasteiger partial charge in [-0.15, -0.1) is 23.2 Å². The number of rotatable bonds is 7. The number of benzene rings is 1. The Morgan fingerprint density at radius 3 is 2.18 bits per heavy atom. The molecule has 0 fully saturated rings. The van der Waals surface area contributed by atoms with Crippen molar-refractivity contribution in [2.45, 2.75) is 0 Å². The fraction of sp³-hybridized carbons (Fsp3) is 0.385. The topological polar surface area (TPSA) is 91.5 Å². The smallest absolute Gasteiger partial charge is 0.319 e. The monoisotopic (exact) mass is 348 g/mol. The zero-order chi connectivity index (χ0) is 16.4. The second-order valence-electron chi connectivity index (χ2n) is 4.05. The van der Waals surface area contributed by atoms with Gasteiger partial charge in [-0.05, 0) is 18.2 Å². The molecule has 0 atom stereocenters. The van der Waals surface area contributed by atoms with Crippen LogP contribution in [0.15, 0.2) is 18.2 Å². The van der Waals surface area contributed by atoms with E-state index < -0.39 is 6.03 Å². The third-order valence-electron chi connectivity index (χ3n) is 2.47. The van der Waals surface area contributed by atoms with Gasteiger partial charge in [0.25, 0.3) is 0 Å².